The lowest BCUT2D eigenvalue weighted by atomic mass is 10.1. The molecule has 72 valence electrons. The van der Waals surface area contributed by atoms with Gasteiger partial charge >= 0.3 is 0 Å². The summed E-state index contributed by atoms with van der Waals surface area (Å²) in [6, 6.07) is 1.32. The molecule has 1 unspecified atom stereocenters. The molecule has 0 aliphatic heterocycles. The van der Waals surface area contributed by atoms with Crippen molar-refractivity contribution < 1.29 is 19.7 Å². The molecule has 0 aliphatic carbocycles. The summed E-state index contributed by atoms with van der Waals surface area (Å²) in [7, 11) is 0. The highest BCUT2D eigenvalue weighted by atomic mass is 19.1. The lowest BCUT2D eigenvalue weighted by Gasteiger charge is -2.09. The van der Waals surface area contributed by atoms with Gasteiger partial charge in [-0.15, -0.1) is 0 Å². The first-order valence-corrected chi connectivity index (χ1v) is 3.64. The molecule has 1 aromatic rings. The van der Waals surface area contributed by atoms with Crippen molar-refractivity contribution in [2.24, 2.45) is 5.73 Å². The molecule has 0 aromatic heterocycles. The zero-order valence-corrected chi connectivity index (χ0v) is 6.74. The van der Waals surface area contributed by atoms with Crippen molar-refractivity contribution in [3.8, 4) is 11.5 Å². The number of rotatable bonds is 2. The molecule has 0 saturated heterocycles. The maximum atomic E-state index is 12.8. The molecule has 0 fully saturated rings. The van der Waals surface area contributed by atoms with Gasteiger partial charge in [-0.25, -0.2) is 4.39 Å². The third kappa shape index (κ3) is 1.88. The van der Waals surface area contributed by atoms with Gasteiger partial charge in [0.1, 0.15) is 0 Å². The largest absolute Gasteiger partial charge is 0.504 e. The molecule has 5 N–H and O–H groups in total. The molecule has 1 atom stereocenters. The number of phenolic OH excluding ortho intramolecular Hbond substituents is 2. The summed E-state index contributed by atoms with van der Waals surface area (Å²) in [5.41, 5.74) is 5.60. The molecule has 0 bridgehead atoms. The molecule has 4 nitrogen and oxygen atoms in total. The SMILES string of the molecule is NC(CO)c1cc(O)c(O)c(F)c1. The van der Waals surface area contributed by atoms with E-state index in [1.165, 1.54) is 0 Å². The second-order valence-corrected chi connectivity index (χ2v) is 2.66. The van der Waals surface area contributed by atoms with Gasteiger partial charge in [0.15, 0.2) is 17.3 Å². The molecular weight excluding hydrogens is 177 g/mol. The Morgan fingerprint density at radius 2 is 2.00 bits per heavy atom. The predicted molar refractivity (Wildman–Crippen MR) is 43.7 cm³/mol. The Morgan fingerprint density at radius 1 is 1.38 bits per heavy atom. The first kappa shape index (κ1) is 9.76. The monoisotopic (exact) mass is 187 g/mol. The second kappa shape index (κ2) is 3.59. The van der Waals surface area contributed by atoms with Crippen LogP contribution in [-0.4, -0.2) is 21.9 Å². The summed E-state index contributed by atoms with van der Waals surface area (Å²) in [6.07, 6.45) is 0. The van der Waals surface area contributed by atoms with E-state index in [2.05, 4.69) is 0 Å². The lowest BCUT2D eigenvalue weighted by Crippen LogP contribution is -2.14. The van der Waals surface area contributed by atoms with Crippen LogP contribution < -0.4 is 5.73 Å². The van der Waals surface area contributed by atoms with E-state index >= 15 is 0 Å². The van der Waals surface area contributed by atoms with Crippen LogP contribution in [0.2, 0.25) is 0 Å². The number of phenols is 2. The van der Waals surface area contributed by atoms with Crippen molar-refractivity contribution in [2.45, 2.75) is 6.04 Å². The molecule has 0 heterocycles. The fraction of sp³-hybridized carbons (Fsp3) is 0.250. The summed E-state index contributed by atoms with van der Waals surface area (Å²) in [5.74, 6) is -2.35. The Kier molecular flexibility index (Phi) is 2.69. The van der Waals surface area contributed by atoms with Crippen LogP contribution in [0.3, 0.4) is 0 Å². The molecule has 1 rings (SSSR count). The van der Waals surface area contributed by atoms with Gasteiger partial charge in [-0.05, 0) is 17.7 Å². The van der Waals surface area contributed by atoms with Crippen molar-refractivity contribution in [2.75, 3.05) is 6.61 Å². The van der Waals surface area contributed by atoms with E-state index in [1.807, 2.05) is 0 Å². The first-order chi connectivity index (χ1) is 6.06. The van der Waals surface area contributed by atoms with E-state index in [9.17, 15) is 4.39 Å². The highest BCUT2D eigenvalue weighted by Crippen LogP contribution is 2.30. The van der Waals surface area contributed by atoms with Gasteiger partial charge in [0.05, 0.1) is 12.6 Å². The van der Waals surface area contributed by atoms with Crippen molar-refractivity contribution in [3.63, 3.8) is 0 Å². The molecular formula is C8H10FNO3. The van der Waals surface area contributed by atoms with Gasteiger partial charge < -0.3 is 21.1 Å². The fourth-order valence-electron chi connectivity index (χ4n) is 0.924. The Morgan fingerprint density at radius 3 is 2.46 bits per heavy atom. The number of benzene rings is 1. The fourth-order valence-corrected chi connectivity index (χ4v) is 0.924. The minimum absolute atomic E-state index is 0.232. The molecule has 5 heteroatoms. The van der Waals surface area contributed by atoms with Crippen LogP contribution in [0.5, 0.6) is 11.5 Å². The van der Waals surface area contributed by atoms with E-state index in [0.717, 1.165) is 12.1 Å². The number of hydrogen-bond donors (Lipinski definition) is 4. The average Bonchev–Trinajstić information content (AvgIpc) is 2.12. The van der Waals surface area contributed by atoms with Gasteiger partial charge in [-0.3, -0.25) is 0 Å². The van der Waals surface area contributed by atoms with Crippen LogP contribution in [0, 0.1) is 5.82 Å². The van der Waals surface area contributed by atoms with E-state index in [4.69, 9.17) is 21.1 Å². The molecule has 1 aromatic carbocycles. The number of nitrogens with two attached hydrogens (primary N) is 1. The average molecular weight is 187 g/mol. The van der Waals surface area contributed by atoms with Gasteiger partial charge in [0.25, 0.3) is 0 Å². The molecule has 13 heavy (non-hydrogen) atoms. The zero-order chi connectivity index (χ0) is 10.0. The van der Waals surface area contributed by atoms with Gasteiger partial charge in [-0.2, -0.15) is 0 Å². The van der Waals surface area contributed by atoms with Gasteiger partial charge in [0, 0.05) is 0 Å². The Balaban J connectivity index is 3.13. The number of halogens is 1. The quantitative estimate of drug-likeness (QED) is 0.499. The normalized spacial score (nSPS) is 12.8. The van der Waals surface area contributed by atoms with Crippen molar-refractivity contribution in [1.29, 1.82) is 0 Å². The van der Waals surface area contributed by atoms with Gasteiger partial charge in [0.2, 0.25) is 0 Å². The third-order valence-electron chi connectivity index (χ3n) is 1.69. The van der Waals surface area contributed by atoms with Crippen LogP contribution in [0.1, 0.15) is 11.6 Å². The van der Waals surface area contributed by atoms with Gasteiger partial charge in [-0.1, -0.05) is 0 Å². The number of aliphatic hydroxyl groups is 1. The highest BCUT2D eigenvalue weighted by molar-refractivity contribution is 5.42. The Bertz CT molecular complexity index is 293. The van der Waals surface area contributed by atoms with Crippen LogP contribution in [0.15, 0.2) is 12.1 Å². The summed E-state index contributed by atoms with van der Waals surface area (Å²) in [5, 5.41) is 26.5. The Labute approximate surface area is 74.0 Å². The van der Waals surface area contributed by atoms with Crippen LogP contribution in [0.25, 0.3) is 0 Å². The first-order valence-electron chi connectivity index (χ1n) is 3.64. The van der Waals surface area contributed by atoms with E-state index in [1.54, 1.807) is 0 Å². The lowest BCUT2D eigenvalue weighted by molar-refractivity contribution is 0.267. The molecule has 0 spiro atoms. The molecule has 0 saturated carbocycles. The van der Waals surface area contributed by atoms with Crippen LogP contribution >= 0.6 is 0 Å². The third-order valence-corrected chi connectivity index (χ3v) is 1.69. The number of aromatic hydroxyl groups is 2. The summed E-state index contributed by atoms with van der Waals surface area (Å²) in [6.45, 7) is -0.357. The minimum atomic E-state index is -0.959. The standard InChI is InChI=1S/C8H10FNO3/c9-5-1-4(6(10)3-11)2-7(12)8(5)13/h1-2,6,11-13H,3,10H2. The minimum Gasteiger partial charge on any atom is -0.504 e. The van der Waals surface area contributed by atoms with Crippen LogP contribution in [-0.2, 0) is 0 Å². The second-order valence-electron chi connectivity index (χ2n) is 2.66. The Hall–Kier alpha value is -1.33. The van der Waals surface area contributed by atoms with Crippen molar-refractivity contribution >= 4 is 0 Å². The molecule has 0 radical (unpaired) electrons. The smallest absolute Gasteiger partial charge is 0.194 e. The van der Waals surface area contributed by atoms with E-state index in [-0.39, 0.29) is 12.2 Å². The van der Waals surface area contributed by atoms with Crippen molar-refractivity contribution in [3.05, 3.63) is 23.5 Å². The number of hydrogen-bond acceptors (Lipinski definition) is 4. The maximum Gasteiger partial charge on any atom is 0.194 e. The van der Waals surface area contributed by atoms with Crippen LogP contribution in [0.4, 0.5) is 4.39 Å². The summed E-state index contributed by atoms with van der Waals surface area (Å²) < 4.78 is 12.8. The topological polar surface area (TPSA) is 86.7 Å². The highest BCUT2D eigenvalue weighted by Gasteiger charge is 2.12. The van der Waals surface area contributed by atoms with E-state index < -0.39 is 23.4 Å². The predicted octanol–water partition coefficient (Wildman–Crippen LogP) is 0.229. The molecule has 0 aliphatic rings. The summed E-state index contributed by atoms with van der Waals surface area (Å²) >= 11 is 0. The molecule has 0 amide bonds. The zero-order valence-electron chi connectivity index (χ0n) is 6.74. The summed E-state index contributed by atoms with van der Waals surface area (Å²) in [4.78, 5) is 0. The number of aliphatic hydroxyl groups excluding tert-OH is 1. The van der Waals surface area contributed by atoms with Crippen molar-refractivity contribution in [1.82, 2.24) is 0 Å². The maximum absolute atomic E-state index is 12.8. The van der Waals surface area contributed by atoms with E-state index in [0.29, 0.717) is 0 Å².